The van der Waals surface area contributed by atoms with Crippen molar-refractivity contribution in [3.8, 4) is 0 Å². The van der Waals surface area contributed by atoms with Crippen molar-refractivity contribution in [1.82, 2.24) is 4.98 Å². The lowest BCUT2D eigenvalue weighted by Gasteiger charge is -2.36. The lowest BCUT2D eigenvalue weighted by Crippen LogP contribution is -2.42. The van der Waals surface area contributed by atoms with Gasteiger partial charge in [-0.2, -0.15) is 13.2 Å². The Morgan fingerprint density at radius 2 is 1.90 bits per heavy atom. The Hall–Kier alpha value is -2.10. The first-order valence-electron chi connectivity index (χ1n) is 8.19. The van der Waals surface area contributed by atoms with E-state index in [1.165, 1.54) is 25.2 Å². The number of nitrogens with two attached hydrogens (primary N) is 1. The molecule has 162 valence electrons. The molecule has 4 N–H and O–H groups in total. The molecule has 0 radical (unpaired) electrons. The zero-order valence-corrected chi connectivity index (χ0v) is 17.1. The largest absolute Gasteiger partial charge is 0.481 e. The van der Waals surface area contributed by atoms with Crippen molar-refractivity contribution < 1.29 is 33.0 Å². The predicted octanol–water partition coefficient (Wildman–Crippen LogP) is 4.07. The van der Waals surface area contributed by atoms with E-state index >= 15 is 0 Å². The fourth-order valence-electron chi connectivity index (χ4n) is 2.67. The summed E-state index contributed by atoms with van der Waals surface area (Å²) in [5.41, 5.74) is 1.61. The van der Waals surface area contributed by atoms with Gasteiger partial charge in [0.1, 0.15) is 0 Å². The second-order valence-corrected chi connectivity index (χ2v) is 6.54. The average molecular weight is 457 g/mol. The van der Waals surface area contributed by atoms with E-state index in [1.54, 1.807) is 0 Å². The minimum atomic E-state index is -4.68. The summed E-state index contributed by atoms with van der Waals surface area (Å²) >= 11 is 5.90. The normalized spacial score (nSPS) is 20.7. The number of alkyl halides is 3. The van der Waals surface area contributed by atoms with E-state index < -0.39 is 40.0 Å². The Balaban J connectivity index is 0.00000143. The number of aromatic nitrogens is 1. The second kappa shape index (κ2) is 10.6. The van der Waals surface area contributed by atoms with E-state index in [1.807, 2.05) is 0 Å². The Morgan fingerprint density at radius 3 is 2.28 bits per heavy atom. The Kier molecular flexibility index (Phi) is 9.84. The molecule has 0 aliphatic heterocycles. The molecule has 0 fully saturated rings. The molecule has 1 aliphatic rings. The van der Waals surface area contributed by atoms with Gasteiger partial charge in [0.05, 0.1) is 33.2 Å². The van der Waals surface area contributed by atoms with Gasteiger partial charge in [-0.1, -0.05) is 36.8 Å². The molecule has 1 aromatic rings. The molecule has 0 spiro atoms. The monoisotopic (exact) mass is 456 g/mol. The van der Waals surface area contributed by atoms with E-state index in [0.717, 1.165) is 13.0 Å². The van der Waals surface area contributed by atoms with Gasteiger partial charge in [-0.05, 0) is 26.0 Å². The zero-order valence-electron chi connectivity index (χ0n) is 15.5. The number of rotatable bonds is 4. The van der Waals surface area contributed by atoms with Crippen LogP contribution in [0.2, 0.25) is 5.02 Å². The van der Waals surface area contributed by atoms with Crippen molar-refractivity contribution in [3.05, 3.63) is 52.3 Å². The molecular weight excluding hydrogens is 436 g/mol. The van der Waals surface area contributed by atoms with Crippen molar-refractivity contribution in [2.75, 3.05) is 6.54 Å². The van der Waals surface area contributed by atoms with Crippen LogP contribution in [-0.2, 0) is 21.2 Å². The number of nitrogens with zero attached hydrogens (tertiary/aromatic N) is 1. The lowest BCUT2D eigenvalue weighted by molar-refractivity contribution is -0.142. The third-order valence-corrected chi connectivity index (χ3v) is 4.48. The highest BCUT2D eigenvalue weighted by molar-refractivity contribution is 6.31. The number of halogens is 5. The SMILES string of the molecule is CC1(c2ncc(C(F)(F)F)cc2Cl)C(C(=O)O)=CC=CC1C(=O)O.CCCN.Cl. The first kappa shape index (κ1) is 26.9. The summed E-state index contributed by atoms with van der Waals surface area (Å²) in [6.07, 6.45) is 0.604. The van der Waals surface area contributed by atoms with Gasteiger partial charge in [0.15, 0.2) is 0 Å². The van der Waals surface area contributed by atoms with Crippen LogP contribution in [0.3, 0.4) is 0 Å². The van der Waals surface area contributed by atoms with E-state index in [9.17, 15) is 33.0 Å². The van der Waals surface area contributed by atoms with Crippen LogP contribution >= 0.6 is 24.0 Å². The molecular formula is C18H21Cl2F3N2O4. The topological polar surface area (TPSA) is 114 Å². The van der Waals surface area contributed by atoms with Gasteiger partial charge in [-0.3, -0.25) is 9.78 Å². The van der Waals surface area contributed by atoms with E-state index in [4.69, 9.17) is 17.3 Å². The Bertz CT molecular complexity index is 811. The van der Waals surface area contributed by atoms with Crippen LogP contribution in [0.4, 0.5) is 13.2 Å². The summed E-state index contributed by atoms with van der Waals surface area (Å²) in [5, 5.41) is 18.3. The standard InChI is InChI=1S/C15H11ClF3NO4.C3H9N.ClH/c1-14(8(12(21)22)3-2-4-9(14)13(23)24)11-10(16)5-7(6-20-11)15(17,18)19;1-2-3-4;/h2-6,8H,1H3,(H,21,22)(H,23,24);2-4H2,1H3;1H. The number of hydrogen-bond donors (Lipinski definition) is 3. The Labute approximate surface area is 176 Å². The maximum atomic E-state index is 12.7. The van der Waals surface area contributed by atoms with Crippen molar-refractivity contribution in [2.45, 2.75) is 31.9 Å². The lowest BCUT2D eigenvalue weighted by atomic mass is 9.66. The number of carboxylic acids is 2. The summed E-state index contributed by atoms with van der Waals surface area (Å²) in [4.78, 5) is 26.7. The summed E-state index contributed by atoms with van der Waals surface area (Å²) in [6.45, 7) is 4.15. The first-order valence-corrected chi connectivity index (χ1v) is 8.57. The minimum absolute atomic E-state index is 0. The predicted molar refractivity (Wildman–Crippen MR) is 104 cm³/mol. The zero-order chi connectivity index (χ0) is 21.7. The van der Waals surface area contributed by atoms with Crippen molar-refractivity contribution in [3.63, 3.8) is 0 Å². The summed E-state index contributed by atoms with van der Waals surface area (Å²) in [7, 11) is 0. The van der Waals surface area contributed by atoms with Gasteiger partial charge < -0.3 is 15.9 Å². The molecule has 1 aliphatic carbocycles. The highest BCUT2D eigenvalue weighted by Gasteiger charge is 2.49. The first-order chi connectivity index (χ1) is 12.9. The maximum Gasteiger partial charge on any atom is 0.417 e. The molecule has 29 heavy (non-hydrogen) atoms. The van der Waals surface area contributed by atoms with Gasteiger partial charge >= 0.3 is 18.1 Å². The third kappa shape index (κ3) is 5.94. The molecule has 0 saturated carbocycles. The molecule has 0 amide bonds. The average Bonchev–Trinajstić information content (AvgIpc) is 2.60. The molecule has 2 unspecified atom stereocenters. The molecule has 6 nitrogen and oxygen atoms in total. The number of pyridine rings is 1. The van der Waals surface area contributed by atoms with Crippen molar-refractivity contribution in [2.24, 2.45) is 11.7 Å². The summed E-state index contributed by atoms with van der Waals surface area (Å²) < 4.78 is 38.2. The number of hydrogen-bond acceptors (Lipinski definition) is 4. The smallest absolute Gasteiger partial charge is 0.417 e. The van der Waals surface area contributed by atoms with Crippen LogP contribution in [0.15, 0.2) is 36.1 Å². The number of aliphatic carboxylic acids is 2. The van der Waals surface area contributed by atoms with Crippen LogP contribution < -0.4 is 5.73 Å². The highest BCUT2D eigenvalue weighted by Crippen LogP contribution is 2.45. The van der Waals surface area contributed by atoms with E-state index in [2.05, 4.69) is 11.9 Å². The Morgan fingerprint density at radius 1 is 1.34 bits per heavy atom. The van der Waals surface area contributed by atoms with Gasteiger partial charge in [-0.15, -0.1) is 12.4 Å². The van der Waals surface area contributed by atoms with Gasteiger partial charge in [0, 0.05) is 6.20 Å². The third-order valence-electron chi connectivity index (χ3n) is 4.19. The molecule has 2 rings (SSSR count). The molecule has 0 aromatic carbocycles. The summed E-state index contributed by atoms with van der Waals surface area (Å²) in [6, 6.07) is 0.603. The second-order valence-electron chi connectivity index (χ2n) is 6.13. The van der Waals surface area contributed by atoms with Crippen LogP contribution in [0, 0.1) is 5.92 Å². The molecule has 1 heterocycles. The molecule has 2 atom stereocenters. The van der Waals surface area contributed by atoms with Crippen molar-refractivity contribution >= 4 is 35.9 Å². The minimum Gasteiger partial charge on any atom is -0.481 e. The highest BCUT2D eigenvalue weighted by atomic mass is 35.5. The number of carboxylic acid groups (broad SMARTS) is 2. The quantitative estimate of drug-likeness (QED) is 0.628. The fraction of sp³-hybridized carbons (Fsp3) is 0.389. The van der Waals surface area contributed by atoms with Crippen LogP contribution in [0.1, 0.15) is 31.5 Å². The van der Waals surface area contributed by atoms with E-state index in [-0.39, 0.29) is 23.7 Å². The fourth-order valence-corrected chi connectivity index (χ4v) is 3.03. The maximum absolute atomic E-state index is 12.7. The summed E-state index contributed by atoms with van der Waals surface area (Å²) in [5.74, 6) is -4.11. The van der Waals surface area contributed by atoms with Gasteiger partial charge in [0.25, 0.3) is 0 Å². The van der Waals surface area contributed by atoms with Crippen LogP contribution in [0.5, 0.6) is 0 Å². The molecule has 11 heteroatoms. The molecule has 0 bridgehead atoms. The van der Waals surface area contributed by atoms with Crippen LogP contribution in [0.25, 0.3) is 0 Å². The van der Waals surface area contributed by atoms with Crippen LogP contribution in [-0.4, -0.2) is 33.7 Å². The molecule has 1 aromatic heterocycles. The molecule has 0 saturated heterocycles. The van der Waals surface area contributed by atoms with Crippen molar-refractivity contribution in [1.29, 1.82) is 0 Å². The van der Waals surface area contributed by atoms with Gasteiger partial charge in [0.2, 0.25) is 0 Å². The van der Waals surface area contributed by atoms with Gasteiger partial charge in [-0.25, -0.2) is 4.79 Å². The number of carbonyl (C=O) groups is 2. The number of allylic oxidation sites excluding steroid dienone is 2. The van der Waals surface area contributed by atoms with E-state index in [0.29, 0.717) is 12.3 Å².